The van der Waals surface area contributed by atoms with Crippen LogP contribution < -0.4 is 16.8 Å². The molecule has 2 rings (SSSR count). The van der Waals surface area contributed by atoms with Crippen LogP contribution in [0.5, 0.6) is 0 Å². The standard InChI is InChI=1S/C12H19N3OS/c13-8-3-5-9(6-4-8)15-12(16)11(14)10-2-1-7-17-10/h1-2,7-9,11H,3-6,13-14H2,(H,15,16). The van der Waals surface area contributed by atoms with Crippen molar-refractivity contribution in [2.24, 2.45) is 11.5 Å². The highest BCUT2D eigenvalue weighted by atomic mass is 32.1. The number of nitrogens with one attached hydrogen (secondary N) is 1. The second-order valence-corrected chi connectivity index (χ2v) is 5.59. The lowest BCUT2D eigenvalue weighted by Crippen LogP contribution is -2.43. The Morgan fingerprint density at radius 1 is 1.41 bits per heavy atom. The van der Waals surface area contributed by atoms with E-state index in [2.05, 4.69) is 5.32 Å². The SMILES string of the molecule is NC1CCC(NC(=O)C(N)c2cccs2)CC1. The van der Waals surface area contributed by atoms with Gasteiger partial charge in [-0.3, -0.25) is 4.79 Å². The van der Waals surface area contributed by atoms with Crippen LogP contribution in [0.2, 0.25) is 0 Å². The molecule has 1 aliphatic carbocycles. The van der Waals surface area contributed by atoms with Crippen LogP contribution in [0.15, 0.2) is 17.5 Å². The maximum atomic E-state index is 11.9. The molecule has 0 radical (unpaired) electrons. The van der Waals surface area contributed by atoms with Crippen LogP contribution in [0.4, 0.5) is 0 Å². The van der Waals surface area contributed by atoms with E-state index in [1.165, 1.54) is 11.3 Å². The van der Waals surface area contributed by atoms with Gasteiger partial charge in [0.05, 0.1) is 0 Å². The topological polar surface area (TPSA) is 81.1 Å². The highest BCUT2D eigenvalue weighted by Gasteiger charge is 2.23. The van der Waals surface area contributed by atoms with Crippen molar-refractivity contribution in [3.8, 4) is 0 Å². The Morgan fingerprint density at radius 3 is 2.71 bits per heavy atom. The van der Waals surface area contributed by atoms with Gasteiger partial charge in [-0.15, -0.1) is 11.3 Å². The summed E-state index contributed by atoms with van der Waals surface area (Å²) in [6, 6.07) is 3.81. The molecule has 1 aliphatic rings. The molecule has 5 heteroatoms. The summed E-state index contributed by atoms with van der Waals surface area (Å²) in [5, 5.41) is 4.95. The van der Waals surface area contributed by atoms with Gasteiger partial charge in [-0.1, -0.05) is 6.07 Å². The van der Waals surface area contributed by atoms with Crippen molar-refractivity contribution in [2.45, 2.75) is 43.8 Å². The summed E-state index contributed by atoms with van der Waals surface area (Å²) in [4.78, 5) is 12.8. The molecule has 4 nitrogen and oxygen atoms in total. The molecule has 1 heterocycles. The number of thiophene rings is 1. The van der Waals surface area contributed by atoms with Gasteiger partial charge >= 0.3 is 0 Å². The monoisotopic (exact) mass is 253 g/mol. The van der Waals surface area contributed by atoms with Crippen molar-refractivity contribution in [3.63, 3.8) is 0 Å². The minimum Gasteiger partial charge on any atom is -0.352 e. The van der Waals surface area contributed by atoms with Crippen molar-refractivity contribution in [2.75, 3.05) is 0 Å². The summed E-state index contributed by atoms with van der Waals surface area (Å²) in [5.41, 5.74) is 11.7. The van der Waals surface area contributed by atoms with Gasteiger partial charge in [0.2, 0.25) is 5.91 Å². The van der Waals surface area contributed by atoms with Crippen molar-refractivity contribution in [3.05, 3.63) is 22.4 Å². The van der Waals surface area contributed by atoms with Crippen molar-refractivity contribution in [1.82, 2.24) is 5.32 Å². The second-order valence-electron chi connectivity index (χ2n) is 4.61. The molecule has 1 unspecified atom stereocenters. The fraction of sp³-hybridized carbons (Fsp3) is 0.583. The van der Waals surface area contributed by atoms with Gasteiger partial charge in [0.25, 0.3) is 0 Å². The summed E-state index contributed by atoms with van der Waals surface area (Å²) < 4.78 is 0. The molecule has 0 spiro atoms. The molecule has 1 amide bonds. The molecule has 17 heavy (non-hydrogen) atoms. The maximum absolute atomic E-state index is 11.9. The number of amides is 1. The van der Waals surface area contributed by atoms with Gasteiger partial charge in [-0.05, 0) is 37.1 Å². The van der Waals surface area contributed by atoms with E-state index in [0.29, 0.717) is 6.04 Å². The third-order valence-electron chi connectivity index (χ3n) is 3.25. The molecule has 0 bridgehead atoms. The summed E-state index contributed by atoms with van der Waals surface area (Å²) in [5.74, 6) is -0.0760. The van der Waals surface area contributed by atoms with Gasteiger partial charge in [0, 0.05) is 17.0 Å². The Labute approximate surface area is 105 Å². The van der Waals surface area contributed by atoms with E-state index >= 15 is 0 Å². The van der Waals surface area contributed by atoms with E-state index in [1.54, 1.807) is 0 Å². The van der Waals surface area contributed by atoms with Crippen LogP contribution >= 0.6 is 11.3 Å². The van der Waals surface area contributed by atoms with Crippen LogP contribution in [0.25, 0.3) is 0 Å². The normalized spacial score (nSPS) is 26.5. The van der Waals surface area contributed by atoms with Crippen LogP contribution in [-0.2, 0) is 4.79 Å². The zero-order valence-corrected chi connectivity index (χ0v) is 10.6. The molecular weight excluding hydrogens is 234 g/mol. The van der Waals surface area contributed by atoms with E-state index in [-0.39, 0.29) is 11.9 Å². The summed E-state index contributed by atoms with van der Waals surface area (Å²) in [6.07, 6.45) is 3.90. The number of carbonyl (C=O) groups excluding carboxylic acids is 1. The summed E-state index contributed by atoms with van der Waals surface area (Å²) in [7, 11) is 0. The lowest BCUT2D eigenvalue weighted by atomic mass is 9.91. The molecule has 1 fully saturated rings. The fourth-order valence-corrected chi connectivity index (χ4v) is 2.88. The minimum absolute atomic E-state index is 0.0760. The number of rotatable bonds is 3. The van der Waals surface area contributed by atoms with Crippen LogP contribution in [0.3, 0.4) is 0 Å². The van der Waals surface area contributed by atoms with Gasteiger partial charge < -0.3 is 16.8 Å². The molecule has 0 saturated heterocycles. The Kier molecular flexibility index (Phi) is 4.15. The number of hydrogen-bond acceptors (Lipinski definition) is 4. The van der Waals surface area contributed by atoms with Gasteiger partial charge in [0.15, 0.2) is 0 Å². The lowest BCUT2D eigenvalue weighted by molar-refractivity contribution is -0.123. The third-order valence-corrected chi connectivity index (χ3v) is 4.21. The highest BCUT2D eigenvalue weighted by molar-refractivity contribution is 7.10. The average Bonchev–Trinajstić information content (AvgIpc) is 2.84. The molecule has 0 aliphatic heterocycles. The van der Waals surface area contributed by atoms with E-state index in [4.69, 9.17) is 11.5 Å². The molecule has 1 saturated carbocycles. The predicted molar refractivity (Wildman–Crippen MR) is 69.6 cm³/mol. The largest absolute Gasteiger partial charge is 0.352 e. The summed E-state index contributed by atoms with van der Waals surface area (Å²) >= 11 is 1.52. The number of hydrogen-bond donors (Lipinski definition) is 3. The van der Waals surface area contributed by atoms with Crippen LogP contribution in [0.1, 0.15) is 36.6 Å². The van der Waals surface area contributed by atoms with E-state index < -0.39 is 6.04 Å². The van der Waals surface area contributed by atoms with Crippen molar-refractivity contribution < 1.29 is 4.79 Å². The van der Waals surface area contributed by atoms with E-state index in [1.807, 2.05) is 17.5 Å². The average molecular weight is 253 g/mol. The Hall–Kier alpha value is -0.910. The van der Waals surface area contributed by atoms with Gasteiger partial charge in [-0.25, -0.2) is 0 Å². The predicted octanol–water partition coefficient (Wildman–Crippen LogP) is 1.13. The first-order valence-electron chi connectivity index (χ1n) is 6.01. The Morgan fingerprint density at radius 2 is 2.12 bits per heavy atom. The van der Waals surface area contributed by atoms with Crippen molar-refractivity contribution in [1.29, 1.82) is 0 Å². The molecule has 1 atom stereocenters. The van der Waals surface area contributed by atoms with Gasteiger partial charge in [-0.2, -0.15) is 0 Å². The molecule has 1 aromatic heterocycles. The fourth-order valence-electron chi connectivity index (χ4n) is 2.15. The van der Waals surface area contributed by atoms with E-state index in [9.17, 15) is 4.79 Å². The smallest absolute Gasteiger partial charge is 0.242 e. The Balaban J connectivity index is 1.85. The van der Waals surface area contributed by atoms with Crippen LogP contribution in [-0.4, -0.2) is 18.0 Å². The summed E-state index contributed by atoms with van der Waals surface area (Å²) in [6.45, 7) is 0. The van der Waals surface area contributed by atoms with Crippen LogP contribution in [0, 0.1) is 0 Å². The molecule has 0 aromatic carbocycles. The molecule has 1 aromatic rings. The minimum atomic E-state index is -0.536. The first-order chi connectivity index (χ1) is 8.16. The lowest BCUT2D eigenvalue weighted by Gasteiger charge is -2.27. The number of nitrogens with two attached hydrogens (primary N) is 2. The molecular formula is C12H19N3OS. The first kappa shape index (κ1) is 12.5. The molecule has 5 N–H and O–H groups in total. The van der Waals surface area contributed by atoms with E-state index in [0.717, 1.165) is 30.6 Å². The molecule has 94 valence electrons. The quantitative estimate of drug-likeness (QED) is 0.755. The highest BCUT2D eigenvalue weighted by Crippen LogP contribution is 2.20. The zero-order valence-electron chi connectivity index (χ0n) is 9.76. The third kappa shape index (κ3) is 3.28. The number of carbonyl (C=O) groups is 1. The second kappa shape index (κ2) is 5.62. The van der Waals surface area contributed by atoms with Crippen molar-refractivity contribution >= 4 is 17.2 Å². The van der Waals surface area contributed by atoms with Gasteiger partial charge in [0.1, 0.15) is 6.04 Å². The zero-order chi connectivity index (χ0) is 12.3. The maximum Gasteiger partial charge on any atom is 0.242 e. The first-order valence-corrected chi connectivity index (χ1v) is 6.89. The Bertz CT molecular complexity index is 358.